The molecule has 0 amide bonds. The lowest BCUT2D eigenvalue weighted by Crippen LogP contribution is -2.59. The molecule has 0 radical (unpaired) electrons. The van der Waals surface area contributed by atoms with Crippen molar-refractivity contribution in [2.24, 2.45) is 10.8 Å². The Labute approximate surface area is 103 Å². The number of hydrazone groups is 1. The van der Waals surface area contributed by atoms with Crippen molar-refractivity contribution < 1.29 is 4.74 Å². The fourth-order valence-electron chi connectivity index (χ4n) is 2.54. The zero-order valence-corrected chi connectivity index (χ0v) is 11.0. The Morgan fingerprint density at radius 3 is 2.41 bits per heavy atom. The molecule has 1 fully saturated rings. The molecular formula is C12H22N4O. The van der Waals surface area contributed by atoms with Crippen LogP contribution in [0.5, 0.6) is 0 Å². The number of amidine groups is 1. The summed E-state index contributed by atoms with van der Waals surface area (Å²) in [6, 6.07) is 0. The fraction of sp³-hybridized carbons (Fsp3) is 0.750. The molecule has 3 N–H and O–H groups in total. The quantitative estimate of drug-likeness (QED) is 0.650. The van der Waals surface area contributed by atoms with E-state index in [0.29, 0.717) is 0 Å². The molecule has 1 atom stereocenters. The molecule has 5 heteroatoms. The summed E-state index contributed by atoms with van der Waals surface area (Å²) in [5, 5.41) is 4.29. The van der Waals surface area contributed by atoms with Crippen LogP contribution >= 0.6 is 0 Å². The summed E-state index contributed by atoms with van der Waals surface area (Å²) in [5.41, 5.74) is 8.23. The Morgan fingerprint density at radius 2 is 1.94 bits per heavy atom. The summed E-state index contributed by atoms with van der Waals surface area (Å²) in [7, 11) is 0. The number of nitrogens with two attached hydrogens (primary N) is 1. The van der Waals surface area contributed by atoms with Crippen LogP contribution < -0.4 is 11.2 Å². The summed E-state index contributed by atoms with van der Waals surface area (Å²) in [6.07, 6.45) is 3.71. The minimum Gasteiger partial charge on any atom is -0.366 e. The average Bonchev–Trinajstić information content (AvgIpc) is 2.13. The molecule has 2 rings (SSSR count). The number of rotatable bonds is 0. The van der Waals surface area contributed by atoms with Crippen molar-refractivity contribution in [2.45, 2.75) is 45.1 Å². The number of ether oxygens (including phenoxy) is 1. The highest BCUT2D eigenvalue weighted by Gasteiger charge is 2.39. The number of morpholine rings is 1. The molecule has 2 aliphatic heterocycles. The van der Waals surface area contributed by atoms with Crippen molar-refractivity contribution in [1.82, 2.24) is 10.3 Å². The van der Waals surface area contributed by atoms with E-state index in [1.54, 1.807) is 0 Å². The third-order valence-electron chi connectivity index (χ3n) is 2.80. The molecule has 1 saturated heterocycles. The highest BCUT2D eigenvalue weighted by atomic mass is 16.5. The lowest BCUT2D eigenvalue weighted by atomic mass is 9.98. The standard InChI is InChI=1S/C12H22N4O/c1-11(2)7-16(8-12(3,4)17-11)10-6-5-9(13)14-15-10/h5-6,9,14H,7-8,13H2,1-4H3. The number of nitrogens with one attached hydrogen (secondary N) is 1. The van der Waals surface area contributed by atoms with Crippen LogP contribution in [-0.4, -0.2) is 41.2 Å². The van der Waals surface area contributed by atoms with Gasteiger partial charge in [0.1, 0.15) is 12.0 Å². The predicted octanol–water partition coefficient (Wildman–Crippen LogP) is 0.634. The Kier molecular flexibility index (Phi) is 2.91. The van der Waals surface area contributed by atoms with E-state index in [4.69, 9.17) is 10.5 Å². The largest absolute Gasteiger partial charge is 0.366 e. The summed E-state index contributed by atoms with van der Waals surface area (Å²) < 4.78 is 6.04. The first-order chi connectivity index (χ1) is 7.77. The van der Waals surface area contributed by atoms with E-state index in [0.717, 1.165) is 18.9 Å². The van der Waals surface area contributed by atoms with Crippen LogP contribution in [0.3, 0.4) is 0 Å². The van der Waals surface area contributed by atoms with Gasteiger partial charge in [0.2, 0.25) is 0 Å². The van der Waals surface area contributed by atoms with Crippen LogP contribution in [-0.2, 0) is 4.74 Å². The molecule has 2 heterocycles. The van der Waals surface area contributed by atoms with E-state index in [9.17, 15) is 0 Å². The molecule has 5 nitrogen and oxygen atoms in total. The van der Waals surface area contributed by atoms with E-state index in [2.05, 4.69) is 43.1 Å². The Bertz CT molecular complexity index is 344. The van der Waals surface area contributed by atoms with Crippen molar-refractivity contribution >= 4 is 5.84 Å². The van der Waals surface area contributed by atoms with E-state index < -0.39 is 0 Å². The van der Waals surface area contributed by atoms with Gasteiger partial charge in [-0.1, -0.05) is 0 Å². The summed E-state index contributed by atoms with van der Waals surface area (Å²) in [4.78, 5) is 2.24. The smallest absolute Gasteiger partial charge is 0.148 e. The van der Waals surface area contributed by atoms with Crippen LogP contribution in [0.25, 0.3) is 0 Å². The normalized spacial score (nSPS) is 30.8. The van der Waals surface area contributed by atoms with Gasteiger partial charge < -0.3 is 15.4 Å². The maximum atomic E-state index is 6.04. The third kappa shape index (κ3) is 2.98. The van der Waals surface area contributed by atoms with Gasteiger partial charge in [-0.15, -0.1) is 0 Å². The topological polar surface area (TPSA) is 62.9 Å². The van der Waals surface area contributed by atoms with Gasteiger partial charge in [-0.05, 0) is 39.8 Å². The molecule has 0 saturated carbocycles. The number of hydrogen-bond donors (Lipinski definition) is 2. The summed E-state index contributed by atoms with van der Waals surface area (Å²) in [5.74, 6) is 0.927. The Hall–Kier alpha value is -1.07. The Balaban J connectivity index is 2.14. The second-order valence-electron chi connectivity index (χ2n) is 5.96. The van der Waals surface area contributed by atoms with Crippen molar-refractivity contribution in [3.63, 3.8) is 0 Å². The van der Waals surface area contributed by atoms with Crippen LogP contribution in [0.1, 0.15) is 27.7 Å². The molecule has 0 aliphatic carbocycles. The maximum Gasteiger partial charge on any atom is 0.148 e. The lowest BCUT2D eigenvalue weighted by molar-refractivity contribution is -0.166. The maximum absolute atomic E-state index is 6.04. The van der Waals surface area contributed by atoms with E-state index in [1.807, 2.05) is 12.2 Å². The molecular weight excluding hydrogens is 216 g/mol. The van der Waals surface area contributed by atoms with Gasteiger partial charge in [-0.25, -0.2) is 0 Å². The SMILES string of the molecule is CC1(C)CN(C2=NNC(N)C=C2)CC(C)(C)O1. The van der Waals surface area contributed by atoms with E-state index in [1.165, 1.54) is 0 Å². The first-order valence-corrected chi connectivity index (χ1v) is 6.00. The van der Waals surface area contributed by atoms with E-state index >= 15 is 0 Å². The summed E-state index contributed by atoms with van der Waals surface area (Å²) in [6.45, 7) is 10.1. The second kappa shape index (κ2) is 3.99. The van der Waals surface area contributed by atoms with Crippen LogP contribution in [0.2, 0.25) is 0 Å². The Morgan fingerprint density at radius 1 is 1.35 bits per heavy atom. The highest BCUT2D eigenvalue weighted by Crippen LogP contribution is 2.28. The van der Waals surface area contributed by atoms with Crippen molar-refractivity contribution in [3.8, 4) is 0 Å². The highest BCUT2D eigenvalue weighted by molar-refractivity contribution is 5.93. The van der Waals surface area contributed by atoms with Gasteiger partial charge in [0, 0.05) is 13.1 Å². The predicted molar refractivity (Wildman–Crippen MR) is 68.5 cm³/mol. The van der Waals surface area contributed by atoms with Crippen molar-refractivity contribution in [2.75, 3.05) is 13.1 Å². The zero-order chi connectivity index (χ0) is 12.7. The average molecular weight is 238 g/mol. The van der Waals surface area contributed by atoms with Crippen molar-refractivity contribution in [3.05, 3.63) is 12.2 Å². The third-order valence-corrected chi connectivity index (χ3v) is 2.80. The zero-order valence-electron chi connectivity index (χ0n) is 11.0. The van der Waals surface area contributed by atoms with Gasteiger partial charge in [0.05, 0.1) is 11.2 Å². The monoisotopic (exact) mass is 238 g/mol. The van der Waals surface area contributed by atoms with Gasteiger partial charge >= 0.3 is 0 Å². The molecule has 0 aromatic rings. The second-order valence-corrected chi connectivity index (χ2v) is 5.96. The van der Waals surface area contributed by atoms with Crippen LogP contribution in [0.15, 0.2) is 17.3 Å². The van der Waals surface area contributed by atoms with E-state index in [-0.39, 0.29) is 17.4 Å². The molecule has 0 aromatic heterocycles. The minimum atomic E-state index is -0.180. The van der Waals surface area contributed by atoms with Gasteiger partial charge in [-0.2, -0.15) is 5.10 Å². The molecule has 0 spiro atoms. The molecule has 1 unspecified atom stereocenters. The van der Waals surface area contributed by atoms with Crippen LogP contribution in [0, 0.1) is 0 Å². The van der Waals surface area contributed by atoms with Gasteiger partial charge in [-0.3, -0.25) is 5.43 Å². The molecule has 17 heavy (non-hydrogen) atoms. The molecule has 2 aliphatic rings. The van der Waals surface area contributed by atoms with Crippen LogP contribution in [0.4, 0.5) is 0 Å². The van der Waals surface area contributed by atoms with Crippen molar-refractivity contribution in [1.29, 1.82) is 0 Å². The minimum absolute atomic E-state index is 0.169. The number of hydrogen-bond acceptors (Lipinski definition) is 5. The molecule has 0 bridgehead atoms. The molecule has 96 valence electrons. The first kappa shape index (κ1) is 12.4. The number of nitrogens with zero attached hydrogens (tertiary/aromatic N) is 2. The summed E-state index contributed by atoms with van der Waals surface area (Å²) >= 11 is 0. The lowest BCUT2D eigenvalue weighted by Gasteiger charge is -2.48. The van der Waals surface area contributed by atoms with Gasteiger partial charge in [0.25, 0.3) is 0 Å². The fourth-order valence-corrected chi connectivity index (χ4v) is 2.54. The first-order valence-electron chi connectivity index (χ1n) is 6.00. The molecule has 0 aromatic carbocycles. The van der Waals surface area contributed by atoms with Gasteiger partial charge in [0.15, 0.2) is 0 Å².